The predicted octanol–water partition coefficient (Wildman–Crippen LogP) is 2.41. The second-order valence-corrected chi connectivity index (χ2v) is 4.20. The van der Waals surface area contributed by atoms with Gasteiger partial charge in [0, 0.05) is 5.02 Å². The highest BCUT2D eigenvalue weighted by molar-refractivity contribution is 6.31. The van der Waals surface area contributed by atoms with Crippen molar-refractivity contribution in [3.05, 3.63) is 23.2 Å². The van der Waals surface area contributed by atoms with Gasteiger partial charge in [0.05, 0.1) is 18.3 Å². The number of rotatable bonds is 5. The number of benzene rings is 1. The molecular weight excluding hydrogens is 240 g/mol. The molecule has 0 fully saturated rings. The summed E-state index contributed by atoms with van der Waals surface area (Å²) in [6.45, 7) is 4.21. The monoisotopic (exact) mass is 256 g/mol. The van der Waals surface area contributed by atoms with Gasteiger partial charge in [-0.2, -0.15) is 0 Å². The van der Waals surface area contributed by atoms with Gasteiger partial charge in [0.1, 0.15) is 5.75 Å². The summed E-state index contributed by atoms with van der Waals surface area (Å²) in [5.74, 6) is 0.332. The summed E-state index contributed by atoms with van der Waals surface area (Å²) in [6.07, 6.45) is 0.892. The number of hydrogen-bond acceptors (Lipinski definition) is 3. The lowest BCUT2D eigenvalue weighted by Crippen LogP contribution is -2.32. The minimum absolute atomic E-state index is 0.270. The molecule has 94 valence electrons. The number of ether oxygens (including phenoxy) is 1. The highest BCUT2D eigenvalue weighted by Gasteiger charge is 2.11. The summed E-state index contributed by atoms with van der Waals surface area (Å²) in [6, 6.07) is 4.52. The van der Waals surface area contributed by atoms with Crippen molar-refractivity contribution in [1.82, 2.24) is 0 Å². The van der Waals surface area contributed by atoms with E-state index in [2.05, 4.69) is 5.32 Å². The SMILES string of the molecule is CCCOc1ccc(Cl)cc1NC(=O)C(C)N. The van der Waals surface area contributed by atoms with Gasteiger partial charge in [0.15, 0.2) is 0 Å². The molecule has 17 heavy (non-hydrogen) atoms. The molecule has 1 aromatic carbocycles. The highest BCUT2D eigenvalue weighted by atomic mass is 35.5. The van der Waals surface area contributed by atoms with Gasteiger partial charge in [0.2, 0.25) is 5.91 Å². The van der Waals surface area contributed by atoms with Crippen molar-refractivity contribution in [2.24, 2.45) is 5.73 Å². The molecular formula is C12H17ClN2O2. The Labute approximate surface area is 106 Å². The summed E-state index contributed by atoms with van der Waals surface area (Å²) in [4.78, 5) is 11.5. The Hall–Kier alpha value is -1.26. The normalized spacial score (nSPS) is 12.0. The molecule has 0 aromatic heterocycles. The number of nitrogens with two attached hydrogens (primary N) is 1. The minimum Gasteiger partial charge on any atom is -0.491 e. The van der Waals surface area contributed by atoms with Crippen LogP contribution in [-0.2, 0) is 4.79 Å². The first-order valence-corrected chi connectivity index (χ1v) is 5.91. The second-order valence-electron chi connectivity index (χ2n) is 3.77. The van der Waals surface area contributed by atoms with E-state index in [0.717, 1.165) is 6.42 Å². The van der Waals surface area contributed by atoms with Gasteiger partial charge >= 0.3 is 0 Å². The van der Waals surface area contributed by atoms with E-state index in [1.165, 1.54) is 0 Å². The fraction of sp³-hybridized carbons (Fsp3) is 0.417. The van der Waals surface area contributed by atoms with Crippen LogP contribution in [0, 0.1) is 0 Å². The second kappa shape index (κ2) is 6.47. The van der Waals surface area contributed by atoms with E-state index in [-0.39, 0.29) is 5.91 Å². The van der Waals surface area contributed by atoms with E-state index in [4.69, 9.17) is 22.1 Å². The molecule has 0 saturated heterocycles. The Morgan fingerprint density at radius 1 is 1.59 bits per heavy atom. The maximum Gasteiger partial charge on any atom is 0.241 e. The van der Waals surface area contributed by atoms with Crippen LogP contribution in [0.5, 0.6) is 5.75 Å². The molecule has 3 N–H and O–H groups in total. The van der Waals surface area contributed by atoms with Crippen LogP contribution >= 0.6 is 11.6 Å². The third-order valence-electron chi connectivity index (χ3n) is 2.07. The minimum atomic E-state index is -0.576. The van der Waals surface area contributed by atoms with E-state index in [9.17, 15) is 4.79 Å². The average Bonchev–Trinajstić information content (AvgIpc) is 2.28. The molecule has 0 spiro atoms. The summed E-state index contributed by atoms with van der Waals surface area (Å²) in [5.41, 5.74) is 6.04. The quantitative estimate of drug-likeness (QED) is 0.850. The van der Waals surface area contributed by atoms with Gasteiger partial charge in [-0.1, -0.05) is 18.5 Å². The van der Waals surface area contributed by atoms with Crippen LogP contribution in [0.3, 0.4) is 0 Å². The molecule has 1 rings (SSSR count). The van der Waals surface area contributed by atoms with Crippen LogP contribution < -0.4 is 15.8 Å². The van der Waals surface area contributed by atoms with Gasteiger partial charge in [-0.05, 0) is 31.5 Å². The molecule has 0 heterocycles. The first kappa shape index (κ1) is 13.8. The van der Waals surface area contributed by atoms with Crippen LogP contribution in [0.1, 0.15) is 20.3 Å². The fourth-order valence-corrected chi connectivity index (χ4v) is 1.36. The zero-order chi connectivity index (χ0) is 12.8. The van der Waals surface area contributed by atoms with Gasteiger partial charge < -0.3 is 15.8 Å². The lowest BCUT2D eigenvalue weighted by molar-refractivity contribution is -0.117. The number of amides is 1. The number of anilines is 1. The maximum atomic E-state index is 11.5. The summed E-state index contributed by atoms with van der Waals surface area (Å²) in [7, 11) is 0. The molecule has 1 unspecified atom stereocenters. The Morgan fingerprint density at radius 3 is 2.88 bits per heavy atom. The number of nitrogens with one attached hydrogen (secondary N) is 1. The summed E-state index contributed by atoms with van der Waals surface area (Å²) >= 11 is 5.88. The molecule has 1 atom stereocenters. The first-order chi connectivity index (χ1) is 8.04. The molecule has 1 amide bonds. The lowest BCUT2D eigenvalue weighted by atomic mass is 10.2. The van der Waals surface area contributed by atoms with Gasteiger partial charge in [0.25, 0.3) is 0 Å². The molecule has 0 saturated carbocycles. The van der Waals surface area contributed by atoms with Crippen molar-refractivity contribution in [2.45, 2.75) is 26.3 Å². The maximum absolute atomic E-state index is 11.5. The standard InChI is InChI=1S/C12H17ClN2O2/c1-3-6-17-11-5-4-9(13)7-10(11)15-12(16)8(2)14/h4-5,7-8H,3,6,14H2,1-2H3,(H,15,16). The van der Waals surface area contributed by atoms with Crippen LogP contribution in [0.4, 0.5) is 5.69 Å². The van der Waals surface area contributed by atoms with Crippen LogP contribution in [0.25, 0.3) is 0 Å². The predicted molar refractivity (Wildman–Crippen MR) is 69.5 cm³/mol. The van der Waals surface area contributed by atoms with Crippen molar-refractivity contribution in [3.8, 4) is 5.75 Å². The largest absolute Gasteiger partial charge is 0.491 e. The Bertz CT molecular complexity index is 394. The Balaban J connectivity index is 2.86. The first-order valence-electron chi connectivity index (χ1n) is 5.53. The number of carbonyl (C=O) groups excluding carboxylic acids is 1. The Kier molecular flexibility index (Phi) is 5.25. The van der Waals surface area contributed by atoms with Crippen LogP contribution in [0.2, 0.25) is 5.02 Å². The molecule has 0 bridgehead atoms. The number of hydrogen-bond donors (Lipinski definition) is 2. The van der Waals surface area contributed by atoms with Crippen LogP contribution in [-0.4, -0.2) is 18.6 Å². The van der Waals surface area contributed by atoms with Crippen molar-refractivity contribution < 1.29 is 9.53 Å². The van der Waals surface area contributed by atoms with E-state index < -0.39 is 6.04 Å². The molecule has 1 aromatic rings. The van der Waals surface area contributed by atoms with Crippen molar-refractivity contribution in [1.29, 1.82) is 0 Å². The van der Waals surface area contributed by atoms with E-state index >= 15 is 0 Å². The van der Waals surface area contributed by atoms with Crippen molar-refractivity contribution >= 4 is 23.2 Å². The third-order valence-corrected chi connectivity index (χ3v) is 2.31. The van der Waals surface area contributed by atoms with Crippen molar-refractivity contribution in [3.63, 3.8) is 0 Å². The Morgan fingerprint density at radius 2 is 2.29 bits per heavy atom. The van der Waals surface area contributed by atoms with Gasteiger partial charge in [-0.3, -0.25) is 4.79 Å². The summed E-state index contributed by atoms with van der Waals surface area (Å²) in [5, 5.41) is 3.22. The molecule has 0 aliphatic rings. The van der Waals surface area contributed by atoms with E-state index in [0.29, 0.717) is 23.1 Å². The fourth-order valence-electron chi connectivity index (χ4n) is 1.18. The average molecular weight is 257 g/mol. The molecule has 0 aliphatic carbocycles. The van der Waals surface area contributed by atoms with Gasteiger partial charge in [-0.15, -0.1) is 0 Å². The topological polar surface area (TPSA) is 64.3 Å². The molecule has 5 heteroatoms. The highest BCUT2D eigenvalue weighted by Crippen LogP contribution is 2.28. The van der Waals surface area contributed by atoms with Gasteiger partial charge in [-0.25, -0.2) is 0 Å². The lowest BCUT2D eigenvalue weighted by Gasteiger charge is -2.13. The summed E-state index contributed by atoms with van der Waals surface area (Å²) < 4.78 is 5.51. The zero-order valence-corrected chi connectivity index (χ0v) is 10.8. The van der Waals surface area contributed by atoms with Crippen LogP contribution in [0.15, 0.2) is 18.2 Å². The smallest absolute Gasteiger partial charge is 0.241 e. The number of halogens is 1. The number of carbonyl (C=O) groups is 1. The molecule has 4 nitrogen and oxygen atoms in total. The molecule has 0 aliphatic heterocycles. The van der Waals surface area contributed by atoms with Crippen molar-refractivity contribution in [2.75, 3.05) is 11.9 Å². The molecule has 0 radical (unpaired) electrons. The van der Waals surface area contributed by atoms with E-state index in [1.807, 2.05) is 6.92 Å². The van der Waals surface area contributed by atoms with E-state index in [1.54, 1.807) is 25.1 Å². The zero-order valence-electron chi connectivity index (χ0n) is 10.00. The third kappa shape index (κ3) is 4.24.